The Hall–Kier alpha value is -3.47. The highest BCUT2D eigenvalue weighted by Crippen LogP contribution is 2.62. The molecule has 0 saturated carbocycles. The molecule has 33 heavy (non-hydrogen) atoms. The van der Waals surface area contributed by atoms with Gasteiger partial charge in [0.1, 0.15) is 17.7 Å². The maximum absolute atomic E-state index is 9.16. The first-order valence-electron chi connectivity index (χ1n) is 11.3. The van der Waals surface area contributed by atoms with Crippen molar-refractivity contribution in [1.29, 1.82) is 10.5 Å². The van der Waals surface area contributed by atoms with Crippen LogP contribution < -0.4 is 4.90 Å². The summed E-state index contributed by atoms with van der Waals surface area (Å²) in [5.74, 6) is 0.726. The number of thioether (sulfide) groups is 1. The van der Waals surface area contributed by atoms with Gasteiger partial charge >= 0.3 is 0 Å². The summed E-state index contributed by atoms with van der Waals surface area (Å²) in [6, 6.07) is 25.1. The van der Waals surface area contributed by atoms with Crippen LogP contribution in [0.5, 0.6) is 0 Å². The average Bonchev–Trinajstić information content (AvgIpc) is 3.36. The van der Waals surface area contributed by atoms with Gasteiger partial charge in [-0.25, -0.2) is 0 Å². The summed E-state index contributed by atoms with van der Waals surface area (Å²) < 4.78 is 0. The van der Waals surface area contributed by atoms with Gasteiger partial charge in [-0.2, -0.15) is 10.5 Å². The van der Waals surface area contributed by atoms with E-state index in [0.29, 0.717) is 11.8 Å². The van der Waals surface area contributed by atoms with Crippen molar-refractivity contribution in [3.8, 4) is 12.1 Å². The van der Waals surface area contributed by atoms with Crippen molar-refractivity contribution in [3.05, 3.63) is 107 Å². The summed E-state index contributed by atoms with van der Waals surface area (Å²) in [7, 11) is 0. The van der Waals surface area contributed by atoms with Crippen LogP contribution in [0.3, 0.4) is 0 Å². The molecule has 2 aromatic rings. The van der Waals surface area contributed by atoms with Crippen molar-refractivity contribution in [2.24, 2.45) is 17.3 Å². The van der Waals surface area contributed by atoms with Crippen LogP contribution in [0, 0.1) is 39.9 Å². The number of benzene rings is 2. The number of anilines is 2. The van der Waals surface area contributed by atoms with E-state index in [1.54, 1.807) is 0 Å². The number of rotatable bonds is 4. The normalized spacial score (nSPS) is 24.2. The van der Waals surface area contributed by atoms with E-state index in [9.17, 15) is 0 Å². The summed E-state index contributed by atoms with van der Waals surface area (Å²) in [4.78, 5) is 3.76. The molecule has 0 bridgehead atoms. The van der Waals surface area contributed by atoms with Gasteiger partial charge in [0.05, 0.1) is 0 Å². The molecule has 3 aliphatic rings. The molecule has 0 fully saturated rings. The lowest BCUT2D eigenvalue weighted by molar-refractivity contribution is 0.307. The molecular formula is C29H25N3S. The molecule has 0 spiro atoms. The van der Waals surface area contributed by atoms with Crippen molar-refractivity contribution in [3.63, 3.8) is 0 Å². The SMILES string of the molecule is CC1(C)C2=C(SC(C=C(C#N)C#N)C2)C2C=CC(N(c3ccccc3)c3ccccc3)=CC21. The van der Waals surface area contributed by atoms with E-state index in [0.717, 1.165) is 17.8 Å². The number of nitrogens with zero attached hydrogens (tertiary/aromatic N) is 3. The molecule has 1 heterocycles. The molecule has 0 saturated heterocycles. The number of fused-ring (bicyclic) bond motifs is 2. The summed E-state index contributed by atoms with van der Waals surface area (Å²) in [5, 5.41) is 18.5. The summed E-state index contributed by atoms with van der Waals surface area (Å²) in [6.07, 6.45) is 9.81. The number of allylic oxidation sites excluding steroid dienone is 6. The topological polar surface area (TPSA) is 50.8 Å². The van der Waals surface area contributed by atoms with Crippen LogP contribution >= 0.6 is 11.8 Å². The van der Waals surface area contributed by atoms with E-state index >= 15 is 0 Å². The second-order valence-electron chi connectivity index (χ2n) is 9.24. The minimum atomic E-state index is 0.0180. The lowest BCUT2D eigenvalue weighted by atomic mass is 9.71. The van der Waals surface area contributed by atoms with Crippen molar-refractivity contribution in [2.75, 3.05) is 4.90 Å². The fourth-order valence-corrected chi connectivity index (χ4v) is 6.99. The Morgan fingerprint density at radius 1 is 1.00 bits per heavy atom. The molecule has 4 heteroatoms. The molecule has 1 aliphatic heterocycles. The van der Waals surface area contributed by atoms with Crippen molar-refractivity contribution < 1.29 is 0 Å². The zero-order chi connectivity index (χ0) is 23.0. The van der Waals surface area contributed by atoms with E-state index in [4.69, 9.17) is 10.5 Å². The van der Waals surface area contributed by atoms with Gasteiger partial charge in [-0.05, 0) is 59.1 Å². The molecule has 0 N–H and O–H groups in total. The quantitative estimate of drug-likeness (QED) is 0.462. The van der Waals surface area contributed by atoms with Gasteiger partial charge in [0.25, 0.3) is 0 Å². The van der Waals surface area contributed by atoms with E-state index in [-0.39, 0.29) is 16.2 Å². The second kappa shape index (κ2) is 8.47. The third kappa shape index (κ3) is 3.71. The predicted octanol–water partition coefficient (Wildman–Crippen LogP) is 7.28. The molecular weight excluding hydrogens is 422 g/mol. The molecule has 3 nitrogen and oxygen atoms in total. The molecule has 162 valence electrons. The zero-order valence-electron chi connectivity index (χ0n) is 18.8. The lowest BCUT2D eigenvalue weighted by Gasteiger charge is -2.37. The first kappa shape index (κ1) is 21.4. The lowest BCUT2D eigenvalue weighted by Crippen LogP contribution is -2.29. The first-order chi connectivity index (χ1) is 16.0. The molecule has 2 aliphatic carbocycles. The largest absolute Gasteiger partial charge is 0.311 e. The number of hydrogen-bond acceptors (Lipinski definition) is 4. The fraction of sp³-hybridized carbons (Fsp3) is 0.241. The minimum absolute atomic E-state index is 0.0180. The van der Waals surface area contributed by atoms with Gasteiger partial charge < -0.3 is 4.90 Å². The smallest absolute Gasteiger partial charge is 0.126 e. The van der Waals surface area contributed by atoms with Gasteiger partial charge in [0, 0.05) is 28.2 Å². The third-order valence-corrected chi connectivity index (χ3v) is 8.36. The highest BCUT2D eigenvalue weighted by atomic mass is 32.2. The molecule has 5 rings (SSSR count). The average molecular weight is 448 g/mol. The summed E-state index contributed by atoms with van der Waals surface area (Å²) >= 11 is 1.84. The van der Waals surface area contributed by atoms with E-state index < -0.39 is 0 Å². The van der Waals surface area contributed by atoms with Crippen LogP contribution in [-0.4, -0.2) is 5.25 Å². The Morgan fingerprint density at radius 2 is 1.61 bits per heavy atom. The zero-order valence-corrected chi connectivity index (χ0v) is 19.6. The Morgan fingerprint density at radius 3 is 2.18 bits per heavy atom. The highest BCUT2D eigenvalue weighted by Gasteiger charge is 2.50. The number of nitriles is 2. The van der Waals surface area contributed by atoms with Gasteiger partial charge in [-0.1, -0.05) is 68.0 Å². The Kier molecular flexibility index (Phi) is 5.49. The van der Waals surface area contributed by atoms with Crippen LogP contribution in [0.1, 0.15) is 20.3 Å². The van der Waals surface area contributed by atoms with Crippen LogP contribution in [0.15, 0.2) is 107 Å². The molecule has 2 aromatic carbocycles. The fourth-order valence-electron chi connectivity index (χ4n) is 5.34. The predicted molar refractivity (Wildman–Crippen MR) is 135 cm³/mol. The highest BCUT2D eigenvalue weighted by molar-refractivity contribution is 8.04. The van der Waals surface area contributed by atoms with Crippen LogP contribution in [-0.2, 0) is 0 Å². The standard InChI is InChI=1S/C29H25N3S/c1-29(2)26-16-23(32(21-9-5-3-6-10-21)22-11-7-4-8-12-22)13-14-25(26)28-27(29)17-24(33-28)15-20(18-30)19-31/h3-16,24-26H,17H2,1-2H3. The molecule has 0 aromatic heterocycles. The number of hydrogen-bond donors (Lipinski definition) is 0. The van der Waals surface area contributed by atoms with Gasteiger partial charge in [0.15, 0.2) is 0 Å². The van der Waals surface area contributed by atoms with E-state index in [2.05, 4.69) is 97.6 Å². The third-order valence-electron chi connectivity index (χ3n) is 6.99. The first-order valence-corrected chi connectivity index (χ1v) is 12.1. The summed E-state index contributed by atoms with van der Waals surface area (Å²) in [5.41, 5.74) is 5.20. The Labute approximate surface area is 200 Å². The Balaban J connectivity index is 1.48. The van der Waals surface area contributed by atoms with Gasteiger partial charge in [-0.15, -0.1) is 11.8 Å². The van der Waals surface area contributed by atoms with E-state index in [1.807, 2.05) is 30.0 Å². The summed E-state index contributed by atoms with van der Waals surface area (Å²) in [6.45, 7) is 4.69. The van der Waals surface area contributed by atoms with Gasteiger partial charge in [0.2, 0.25) is 0 Å². The maximum Gasteiger partial charge on any atom is 0.126 e. The molecule has 3 atom stereocenters. The van der Waals surface area contributed by atoms with Crippen LogP contribution in [0.25, 0.3) is 0 Å². The molecule has 3 unspecified atom stereocenters. The van der Waals surface area contributed by atoms with Crippen molar-refractivity contribution >= 4 is 23.1 Å². The van der Waals surface area contributed by atoms with Gasteiger partial charge in [-0.3, -0.25) is 0 Å². The monoisotopic (exact) mass is 447 g/mol. The van der Waals surface area contributed by atoms with Crippen LogP contribution in [0.2, 0.25) is 0 Å². The molecule has 0 amide bonds. The molecule has 0 radical (unpaired) electrons. The Bertz CT molecular complexity index is 1210. The maximum atomic E-state index is 9.16. The van der Waals surface area contributed by atoms with E-state index in [1.165, 1.54) is 16.2 Å². The number of para-hydroxylation sites is 2. The van der Waals surface area contributed by atoms with Crippen molar-refractivity contribution in [2.45, 2.75) is 25.5 Å². The van der Waals surface area contributed by atoms with Crippen LogP contribution in [0.4, 0.5) is 11.4 Å². The second-order valence-corrected chi connectivity index (χ2v) is 10.5. The minimum Gasteiger partial charge on any atom is -0.311 e. The van der Waals surface area contributed by atoms with Crippen molar-refractivity contribution in [1.82, 2.24) is 0 Å².